The standard InChI is InChI=1S/C25H22N2O7S2/c1-4-33-25(31)20-13(2)16(24(30)32-3)23(36-20)26-21(28)17-18(15-11-8-12-35-15)27(34-19(17)22(26)29)14-9-6-5-7-10-14/h5-12,17-19H,4H2,1-3H3/t17-,18+,19+/m1/s1. The molecule has 2 aromatic heterocycles. The lowest BCUT2D eigenvalue weighted by Gasteiger charge is -2.27. The lowest BCUT2D eigenvalue weighted by molar-refractivity contribution is -0.126. The van der Waals surface area contributed by atoms with Crippen LogP contribution >= 0.6 is 22.7 Å². The number of benzene rings is 1. The number of anilines is 2. The zero-order valence-corrected chi connectivity index (χ0v) is 21.3. The van der Waals surface area contributed by atoms with E-state index >= 15 is 0 Å². The van der Waals surface area contributed by atoms with E-state index in [1.54, 1.807) is 18.9 Å². The summed E-state index contributed by atoms with van der Waals surface area (Å²) in [7, 11) is 1.20. The van der Waals surface area contributed by atoms with Crippen molar-refractivity contribution in [3.8, 4) is 0 Å². The number of carbonyl (C=O) groups is 4. The Kier molecular flexibility index (Phi) is 6.37. The van der Waals surface area contributed by atoms with Crippen LogP contribution in [0.2, 0.25) is 0 Å². The molecule has 0 unspecified atom stereocenters. The van der Waals surface area contributed by atoms with Crippen LogP contribution in [0, 0.1) is 12.8 Å². The lowest BCUT2D eigenvalue weighted by Crippen LogP contribution is -2.37. The fourth-order valence-electron chi connectivity index (χ4n) is 4.55. The Balaban J connectivity index is 1.59. The summed E-state index contributed by atoms with van der Waals surface area (Å²) in [4.78, 5) is 60.9. The van der Waals surface area contributed by atoms with E-state index in [1.807, 2.05) is 47.8 Å². The Labute approximate surface area is 214 Å². The maximum Gasteiger partial charge on any atom is 0.348 e. The molecule has 2 aliphatic rings. The zero-order valence-electron chi connectivity index (χ0n) is 19.6. The van der Waals surface area contributed by atoms with Crippen molar-refractivity contribution in [1.82, 2.24) is 0 Å². The first-order valence-electron chi connectivity index (χ1n) is 11.2. The monoisotopic (exact) mass is 526 g/mol. The van der Waals surface area contributed by atoms with Gasteiger partial charge in [-0.05, 0) is 43.0 Å². The third-order valence-corrected chi connectivity index (χ3v) is 8.34. The predicted molar refractivity (Wildman–Crippen MR) is 133 cm³/mol. The summed E-state index contributed by atoms with van der Waals surface area (Å²) in [5.74, 6) is -3.36. The number of amides is 2. The fraction of sp³-hybridized carbons (Fsp3) is 0.280. The van der Waals surface area contributed by atoms with Gasteiger partial charge in [-0.2, -0.15) is 0 Å². The molecule has 0 spiro atoms. The number of hydrogen-bond acceptors (Lipinski definition) is 10. The highest BCUT2D eigenvalue weighted by molar-refractivity contribution is 7.19. The number of hydroxylamine groups is 1. The highest BCUT2D eigenvalue weighted by atomic mass is 32.1. The molecule has 3 aromatic rings. The first-order valence-corrected chi connectivity index (χ1v) is 12.9. The highest BCUT2D eigenvalue weighted by Crippen LogP contribution is 2.50. The molecule has 2 fully saturated rings. The number of fused-ring (bicyclic) bond motifs is 1. The van der Waals surface area contributed by atoms with Crippen LogP contribution in [-0.4, -0.2) is 43.6 Å². The largest absolute Gasteiger partial charge is 0.465 e. The lowest BCUT2D eigenvalue weighted by atomic mass is 9.95. The highest BCUT2D eigenvalue weighted by Gasteiger charge is 2.61. The molecule has 11 heteroatoms. The van der Waals surface area contributed by atoms with Crippen molar-refractivity contribution in [2.24, 2.45) is 5.92 Å². The van der Waals surface area contributed by atoms with Gasteiger partial charge in [0.2, 0.25) is 5.91 Å². The summed E-state index contributed by atoms with van der Waals surface area (Å²) in [5.41, 5.74) is 0.990. The molecule has 186 valence electrons. The Hall–Kier alpha value is -3.54. The van der Waals surface area contributed by atoms with E-state index in [0.717, 1.165) is 21.1 Å². The molecule has 0 bridgehead atoms. The number of nitrogens with zero attached hydrogens (tertiary/aromatic N) is 2. The van der Waals surface area contributed by atoms with Crippen LogP contribution in [0.15, 0.2) is 47.8 Å². The van der Waals surface area contributed by atoms with Crippen LogP contribution < -0.4 is 9.96 Å². The molecule has 0 N–H and O–H groups in total. The Morgan fingerprint density at radius 1 is 1.06 bits per heavy atom. The number of thiophene rings is 2. The van der Waals surface area contributed by atoms with Gasteiger partial charge in [-0.1, -0.05) is 24.3 Å². The summed E-state index contributed by atoms with van der Waals surface area (Å²) in [5, 5.41) is 3.54. The molecule has 3 atom stereocenters. The van der Waals surface area contributed by atoms with Crippen LogP contribution in [0.5, 0.6) is 0 Å². The van der Waals surface area contributed by atoms with Crippen molar-refractivity contribution >= 4 is 57.1 Å². The number of ether oxygens (including phenoxy) is 2. The number of rotatable bonds is 6. The van der Waals surface area contributed by atoms with E-state index in [9.17, 15) is 19.2 Å². The average Bonchev–Trinajstić information content (AvgIpc) is 3.64. The maximum atomic E-state index is 13.9. The summed E-state index contributed by atoms with van der Waals surface area (Å²) in [6, 6.07) is 12.5. The molecule has 2 saturated heterocycles. The molecular formula is C25H22N2O7S2. The number of para-hydroxylation sites is 1. The first-order chi connectivity index (χ1) is 17.4. The first kappa shape index (κ1) is 24.2. The van der Waals surface area contributed by atoms with Gasteiger partial charge in [0.05, 0.1) is 25.0 Å². The summed E-state index contributed by atoms with van der Waals surface area (Å²) in [6.07, 6.45) is -1.09. The van der Waals surface area contributed by atoms with Gasteiger partial charge in [0, 0.05) is 4.88 Å². The number of esters is 2. The van der Waals surface area contributed by atoms with Gasteiger partial charge in [-0.15, -0.1) is 22.7 Å². The van der Waals surface area contributed by atoms with Crippen molar-refractivity contribution < 1.29 is 33.5 Å². The Morgan fingerprint density at radius 2 is 1.81 bits per heavy atom. The Bertz CT molecular complexity index is 1340. The average molecular weight is 527 g/mol. The second kappa shape index (κ2) is 9.49. The number of carbonyl (C=O) groups excluding carboxylic acids is 4. The normalized spacial score (nSPS) is 21.1. The minimum Gasteiger partial charge on any atom is -0.465 e. The van der Waals surface area contributed by atoms with Crippen LogP contribution in [-0.2, 0) is 23.9 Å². The predicted octanol–water partition coefficient (Wildman–Crippen LogP) is 4.13. The second-order valence-corrected chi connectivity index (χ2v) is 10.1. The minimum absolute atomic E-state index is 0.0141. The zero-order chi connectivity index (χ0) is 25.6. The smallest absolute Gasteiger partial charge is 0.348 e. The maximum absolute atomic E-state index is 13.9. The summed E-state index contributed by atoms with van der Waals surface area (Å²) in [6.45, 7) is 3.36. The number of imide groups is 1. The van der Waals surface area contributed by atoms with Crippen LogP contribution in [0.3, 0.4) is 0 Å². The molecule has 2 amide bonds. The number of hydrogen-bond donors (Lipinski definition) is 0. The number of methoxy groups -OCH3 is 1. The van der Waals surface area contributed by atoms with Gasteiger partial charge in [0.15, 0.2) is 6.10 Å². The molecule has 0 radical (unpaired) electrons. The van der Waals surface area contributed by atoms with Gasteiger partial charge in [-0.3, -0.25) is 14.4 Å². The second-order valence-electron chi connectivity index (χ2n) is 8.13. The summed E-state index contributed by atoms with van der Waals surface area (Å²) < 4.78 is 10.0. The van der Waals surface area contributed by atoms with Crippen molar-refractivity contribution in [1.29, 1.82) is 0 Å². The van der Waals surface area contributed by atoms with Crippen molar-refractivity contribution in [3.05, 3.63) is 68.7 Å². The van der Waals surface area contributed by atoms with Crippen LogP contribution in [0.25, 0.3) is 0 Å². The van der Waals surface area contributed by atoms with Crippen LogP contribution in [0.4, 0.5) is 10.7 Å². The SMILES string of the molecule is CCOC(=O)c1sc(N2C(=O)[C@H]3[C@H](ON(c4ccccc4)[C@H]3c3cccs3)C2=O)c(C(=O)OC)c1C. The van der Waals surface area contributed by atoms with E-state index in [0.29, 0.717) is 11.3 Å². The Morgan fingerprint density at radius 3 is 2.44 bits per heavy atom. The van der Waals surface area contributed by atoms with Gasteiger partial charge >= 0.3 is 11.9 Å². The van der Waals surface area contributed by atoms with E-state index in [-0.39, 0.29) is 22.0 Å². The van der Waals surface area contributed by atoms with Crippen molar-refractivity contribution in [2.45, 2.75) is 26.0 Å². The van der Waals surface area contributed by atoms with Gasteiger partial charge in [0.25, 0.3) is 5.91 Å². The third kappa shape index (κ3) is 3.71. The van der Waals surface area contributed by atoms with Crippen molar-refractivity contribution in [3.63, 3.8) is 0 Å². The minimum atomic E-state index is -1.09. The van der Waals surface area contributed by atoms with Gasteiger partial charge in [0.1, 0.15) is 21.8 Å². The molecule has 2 aliphatic heterocycles. The molecule has 36 heavy (non-hydrogen) atoms. The molecule has 5 rings (SSSR count). The third-order valence-electron chi connectivity index (χ3n) is 6.14. The van der Waals surface area contributed by atoms with E-state index < -0.39 is 41.8 Å². The summed E-state index contributed by atoms with van der Waals surface area (Å²) >= 11 is 2.32. The molecule has 1 aromatic carbocycles. The molecule has 9 nitrogen and oxygen atoms in total. The van der Waals surface area contributed by atoms with Crippen molar-refractivity contribution in [2.75, 3.05) is 23.7 Å². The molecule has 4 heterocycles. The van der Waals surface area contributed by atoms with E-state index in [1.165, 1.54) is 18.4 Å². The fourth-order valence-corrected chi connectivity index (χ4v) is 6.60. The van der Waals surface area contributed by atoms with E-state index in [2.05, 4.69) is 0 Å². The van der Waals surface area contributed by atoms with Gasteiger partial charge < -0.3 is 9.47 Å². The van der Waals surface area contributed by atoms with Gasteiger partial charge in [-0.25, -0.2) is 19.6 Å². The molecule has 0 saturated carbocycles. The van der Waals surface area contributed by atoms with Crippen LogP contribution in [0.1, 0.15) is 43.4 Å². The quantitative estimate of drug-likeness (QED) is 0.349. The molecular weight excluding hydrogens is 504 g/mol. The molecule has 0 aliphatic carbocycles. The van der Waals surface area contributed by atoms with E-state index in [4.69, 9.17) is 14.3 Å². The topological polar surface area (TPSA) is 102 Å².